The highest BCUT2D eigenvalue weighted by Gasteiger charge is 2.17. The first kappa shape index (κ1) is 9.19. The molecule has 0 aliphatic rings. The van der Waals surface area contributed by atoms with Crippen molar-refractivity contribution in [2.45, 2.75) is 11.7 Å². The maximum Gasteiger partial charge on any atom is 0.329 e. The van der Waals surface area contributed by atoms with Crippen LogP contribution in [0.5, 0.6) is 0 Å². The summed E-state index contributed by atoms with van der Waals surface area (Å²) in [6.45, 7) is 0.489. The summed E-state index contributed by atoms with van der Waals surface area (Å²) in [4.78, 5) is 0. The molecule has 9 heavy (non-hydrogen) atoms. The molecule has 0 aromatic rings. The van der Waals surface area contributed by atoms with E-state index < -0.39 is 5.31 Å². The second-order valence-corrected chi connectivity index (χ2v) is 2.81. The van der Waals surface area contributed by atoms with Crippen LogP contribution >= 0.6 is 11.8 Å². The minimum absolute atomic E-state index is 0.444. The smallest absolute Gasteiger partial charge is 0.329 e. The first-order valence-corrected chi connectivity index (χ1v) is 3.56. The van der Waals surface area contributed by atoms with Crippen LogP contribution in [0.15, 0.2) is 0 Å². The lowest BCUT2D eigenvalue weighted by molar-refractivity contribution is -0.234. The van der Waals surface area contributed by atoms with Crippen LogP contribution in [0.3, 0.4) is 0 Å². The SMILES string of the molecule is NCCCSC(O)(O)O. The average molecular weight is 153 g/mol. The van der Waals surface area contributed by atoms with Crippen LogP contribution < -0.4 is 5.73 Å². The second kappa shape index (κ2) is 4.08. The van der Waals surface area contributed by atoms with Gasteiger partial charge in [-0.25, -0.2) is 0 Å². The van der Waals surface area contributed by atoms with Gasteiger partial charge < -0.3 is 21.1 Å². The third-order valence-electron chi connectivity index (χ3n) is 0.644. The van der Waals surface area contributed by atoms with Gasteiger partial charge in [-0.1, -0.05) is 11.8 Å². The Hall–Kier alpha value is 0.190. The fourth-order valence-electron chi connectivity index (χ4n) is 0.292. The molecule has 0 aliphatic carbocycles. The molecule has 0 aliphatic heterocycles. The minimum Gasteiger partial charge on any atom is -0.335 e. The first-order chi connectivity index (χ1) is 4.06. The summed E-state index contributed by atoms with van der Waals surface area (Å²) >= 11 is 0.645. The molecule has 0 rings (SSSR count). The molecule has 5 N–H and O–H groups in total. The molecular weight excluding hydrogens is 142 g/mol. The van der Waals surface area contributed by atoms with Crippen molar-refractivity contribution in [3.8, 4) is 0 Å². The number of nitrogens with two attached hydrogens (primary N) is 1. The molecule has 0 aromatic carbocycles. The summed E-state index contributed by atoms with van der Waals surface area (Å²) in [5.74, 6) is 0.444. The van der Waals surface area contributed by atoms with E-state index in [1.807, 2.05) is 0 Å². The average Bonchev–Trinajstić information content (AvgIpc) is 1.63. The molecule has 0 aromatic heterocycles. The Morgan fingerprint density at radius 1 is 1.33 bits per heavy atom. The third kappa shape index (κ3) is 8.19. The first-order valence-electron chi connectivity index (χ1n) is 2.57. The van der Waals surface area contributed by atoms with Crippen LogP contribution in [0.2, 0.25) is 0 Å². The lowest BCUT2D eigenvalue weighted by atomic mass is 10.5. The minimum atomic E-state index is -2.59. The lowest BCUT2D eigenvalue weighted by Gasteiger charge is -2.11. The summed E-state index contributed by atoms with van der Waals surface area (Å²) in [6, 6.07) is 0. The predicted molar refractivity (Wildman–Crippen MR) is 35.5 cm³/mol. The zero-order valence-corrected chi connectivity index (χ0v) is 5.77. The predicted octanol–water partition coefficient (Wildman–Crippen LogP) is -1.34. The topological polar surface area (TPSA) is 86.7 Å². The zero-order valence-electron chi connectivity index (χ0n) is 4.95. The molecule has 0 radical (unpaired) electrons. The van der Waals surface area contributed by atoms with E-state index in [0.29, 0.717) is 30.5 Å². The molecule has 0 heterocycles. The molecular formula is C4H11NO3S. The summed E-state index contributed by atoms with van der Waals surface area (Å²) < 4.78 is 0. The van der Waals surface area contributed by atoms with Crippen molar-refractivity contribution in [2.24, 2.45) is 5.73 Å². The Morgan fingerprint density at radius 3 is 2.22 bits per heavy atom. The van der Waals surface area contributed by atoms with E-state index in [1.54, 1.807) is 0 Å². The van der Waals surface area contributed by atoms with Crippen molar-refractivity contribution in [3.63, 3.8) is 0 Å². The number of rotatable bonds is 4. The molecule has 56 valence electrons. The second-order valence-electron chi connectivity index (χ2n) is 1.56. The normalized spacial score (nSPS) is 12.0. The summed E-state index contributed by atoms with van der Waals surface area (Å²) in [7, 11) is 0. The van der Waals surface area contributed by atoms with Gasteiger partial charge in [-0.3, -0.25) is 0 Å². The fourth-order valence-corrected chi connectivity index (χ4v) is 0.877. The highest BCUT2D eigenvalue weighted by atomic mass is 32.2. The van der Waals surface area contributed by atoms with Crippen LogP contribution in [0.25, 0.3) is 0 Å². The van der Waals surface area contributed by atoms with Crippen LogP contribution in [0.4, 0.5) is 0 Å². The van der Waals surface area contributed by atoms with Crippen LogP contribution in [-0.4, -0.2) is 32.9 Å². The largest absolute Gasteiger partial charge is 0.335 e. The van der Waals surface area contributed by atoms with E-state index in [1.165, 1.54) is 0 Å². The van der Waals surface area contributed by atoms with E-state index in [-0.39, 0.29) is 0 Å². The van der Waals surface area contributed by atoms with Gasteiger partial charge in [0.1, 0.15) is 0 Å². The Morgan fingerprint density at radius 2 is 1.89 bits per heavy atom. The Labute approximate surface area is 57.7 Å². The maximum atomic E-state index is 8.28. The highest BCUT2D eigenvalue weighted by molar-refractivity contribution is 8.00. The van der Waals surface area contributed by atoms with Crippen LogP contribution in [-0.2, 0) is 0 Å². The monoisotopic (exact) mass is 153 g/mol. The molecule has 0 unspecified atom stereocenters. The van der Waals surface area contributed by atoms with E-state index >= 15 is 0 Å². The van der Waals surface area contributed by atoms with Gasteiger partial charge >= 0.3 is 5.31 Å². The molecule has 5 heteroatoms. The lowest BCUT2D eigenvalue weighted by Crippen LogP contribution is -2.22. The Balaban J connectivity index is 3.07. The molecule has 0 amide bonds. The van der Waals surface area contributed by atoms with E-state index in [4.69, 9.17) is 21.1 Å². The molecule has 0 saturated carbocycles. The van der Waals surface area contributed by atoms with Crippen molar-refractivity contribution in [1.82, 2.24) is 0 Å². The molecule has 0 atom stereocenters. The van der Waals surface area contributed by atoms with Crippen molar-refractivity contribution >= 4 is 11.8 Å². The summed E-state index contributed by atoms with van der Waals surface area (Å²) in [5.41, 5.74) is 5.10. The molecule has 0 fully saturated rings. The molecule has 0 bridgehead atoms. The summed E-state index contributed by atoms with van der Waals surface area (Å²) in [6.07, 6.45) is 0.661. The van der Waals surface area contributed by atoms with Gasteiger partial charge in [0.2, 0.25) is 0 Å². The number of hydrogen-bond acceptors (Lipinski definition) is 5. The van der Waals surface area contributed by atoms with Gasteiger partial charge in [0.15, 0.2) is 0 Å². The van der Waals surface area contributed by atoms with Gasteiger partial charge in [-0.15, -0.1) is 0 Å². The van der Waals surface area contributed by atoms with Crippen molar-refractivity contribution in [1.29, 1.82) is 0 Å². The standard InChI is InChI=1S/C4H11NO3S/c5-2-1-3-9-4(6,7)8/h6-8H,1-3,5H2. The van der Waals surface area contributed by atoms with Crippen LogP contribution in [0, 0.1) is 0 Å². The highest BCUT2D eigenvalue weighted by Crippen LogP contribution is 2.15. The van der Waals surface area contributed by atoms with Crippen molar-refractivity contribution in [3.05, 3.63) is 0 Å². The number of hydrogen-bond donors (Lipinski definition) is 4. The number of aliphatic hydroxyl groups is 3. The van der Waals surface area contributed by atoms with Crippen molar-refractivity contribution < 1.29 is 15.3 Å². The maximum absolute atomic E-state index is 8.28. The van der Waals surface area contributed by atoms with E-state index in [9.17, 15) is 0 Å². The Bertz CT molecular complexity index is 72.7. The van der Waals surface area contributed by atoms with E-state index in [2.05, 4.69) is 0 Å². The van der Waals surface area contributed by atoms with Gasteiger partial charge in [0, 0.05) is 5.75 Å². The molecule has 4 nitrogen and oxygen atoms in total. The molecule has 0 saturated heterocycles. The number of thioether (sulfide) groups is 1. The fraction of sp³-hybridized carbons (Fsp3) is 1.00. The zero-order chi connectivity index (χ0) is 7.33. The van der Waals surface area contributed by atoms with E-state index in [0.717, 1.165) is 0 Å². The third-order valence-corrected chi connectivity index (χ3v) is 1.52. The van der Waals surface area contributed by atoms with Gasteiger partial charge in [0.05, 0.1) is 0 Å². The van der Waals surface area contributed by atoms with Crippen molar-refractivity contribution in [2.75, 3.05) is 12.3 Å². The Kier molecular flexibility index (Phi) is 4.16. The van der Waals surface area contributed by atoms with Gasteiger partial charge in [0.25, 0.3) is 0 Å². The van der Waals surface area contributed by atoms with Gasteiger partial charge in [-0.2, -0.15) is 0 Å². The summed E-state index contributed by atoms with van der Waals surface area (Å²) in [5, 5.41) is 22.2. The molecule has 0 spiro atoms. The quantitative estimate of drug-likeness (QED) is 0.296. The van der Waals surface area contributed by atoms with Crippen LogP contribution in [0.1, 0.15) is 6.42 Å². The van der Waals surface area contributed by atoms with Gasteiger partial charge in [-0.05, 0) is 13.0 Å².